The van der Waals surface area contributed by atoms with Crippen molar-refractivity contribution in [3.63, 3.8) is 0 Å². The van der Waals surface area contributed by atoms with E-state index >= 15 is 0 Å². The van der Waals surface area contributed by atoms with E-state index < -0.39 is 10.0 Å². The van der Waals surface area contributed by atoms with Crippen LogP contribution in [0.25, 0.3) is 0 Å². The molecule has 0 spiro atoms. The third-order valence-electron chi connectivity index (χ3n) is 5.36. The van der Waals surface area contributed by atoms with Gasteiger partial charge in [-0.2, -0.15) is 0 Å². The number of nitrogens with zero attached hydrogens (tertiary/aromatic N) is 3. The molecule has 10 heteroatoms. The van der Waals surface area contributed by atoms with E-state index in [4.69, 9.17) is 9.47 Å². The Kier molecular flexibility index (Phi) is 6.58. The molecule has 1 amide bonds. The number of rotatable bonds is 6. The third-order valence-corrected chi connectivity index (χ3v) is 7.22. The van der Waals surface area contributed by atoms with E-state index in [9.17, 15) is 13.2 Å². The average Bonchev–Trinajstić information content (AvgIpc) is 3.20. The van der Waals surface area contributed by atoms with Crippen LogP contribution < -0.4 is 13.8 Å². The van der Waals surface area contributed by atoms with Gasteiger partial charge in [-0.3, -0.25) is 14.0 Å². The van der Waals surface area contributed by atoms with Crippen LogP contribution in [0.2, 0.25) is 0 Å². The predicted molar refractivity (Wildman–Crippen MR) is 126 cm³/mol. The number of carbonyl (C=O) groups excluding carboxylic acids is 1. The lowest BCUT2D eigenvalue weighted by atomic mass is 10.1. The number of fused-ring (bicyclic) bond motifs is 1. The third kappa shape index (κ3) is 5.42. The van der Waals surface area contributed by atoms with Crippen molar-refractivity contribution in [1.82, 2.24) is 9.80 Å². The molecule has 1 saturated heterocycles. The van der Waals surface area contributed by atoms with E-state index in [0.29, 0.717) is 18.8 Å². The Bertz CT molecular complexity index is 1050. The van der Waals surface area contributed by atoms with Gasteiger partial charge in [-0.05, 0) is 64.6 Å². The summed E-state index contributed by atoms with van der Waals surface area (Å²) in [5.41, 5.74) is 1.63. The second-order valence-corrected chi connectivity index (χ2v) is 10.7. The fourth-order valence-electron chi connectivity index (χ4n) is 3.68. The van der Waals surface area contributed by atoms with Crippen LogP contribution in [0, 0.1) is 3.57 Å². The number of ether oxygens (including phenoxy) is 2. The Morgan fingerprint density at radius 3 is 2.39 bits per heavy atom. The molecule has 2 aromatic rings. The molecule has 2 aliphatic rings. The predicted octanol–water partition coefficient (Wildman–Crippen LogP) is 2.13. The number of anilines is 1. The Labute approximate surface area is 195 Å². The van der Waals surface area contributed by atoms with Gasteiger partial charge >= 0.3 is 0 Å². The largest absolute Gasteiger partial charge is 0.454 e. The summed E-state index contributed by atoms with van der Waals surface area (Å²) in [4.78, 5) is 16.9. The average molecular weight is 557 g/mol. The van der Waals surface area contributed by atoms with E-state index in [0.717, 1.165) is 46.5 Å². The molecule has 0 unspecified atom stereocenters. The van der Waals surface area contributed by atoms with Crippen LogP contribution in [0.5, 0.6) is 11.5 Å². The summed E-state index contributed by atoms with van der Waals surface area (Å²) >= 11 is 2.16. The summed E-state index contributed by atoms with van der Waals surface area (Å²) in [6, 6.07) is 13.0. The highest BCUT2D eigenvalue weighted by Crippen LogP contribution is 2.32. The van der Waals surface area contributed by atoms with Crippen LogP contribution in [0.3, 0.4) is 0 Å². The zero-order valence-electron chi connectivity index (χ0n) is 17.2. The number of hydrogen-bond acceptors (Lipinski definition) is 6. The quantitative estimate of drug-likeness (QED) is 0.507. The number of halogens is 1. The fourth-order valence-corrected chi connectivity index (χ4v) is 4.89. The lowest BCUT2D eigenvalue weighted by Gasteiger charge is -2.35. The molecule has 166 valence electrons. The standard InChI is InChI=1S/C21H24IN3O5S/c1-31(27,28)25(18-5-3-17(22)4-6-18)14-21(26)24-10-8-23(9-11-24)13-16-2-7-19-20(12-16)30-15-29-19/h2-7,12H,8-11,13-15H2,1H3. The summed E-state index contributed by atoms with van der Waals surface area (Å²) < 4.78 is 37.6. The van der Waals surface area contributed by atoms with E-state index in [1.165, 1.54) is 4.31 Å². The topological polar surface area (TPSA) is 79.4 Å². The second-order valence-electron chi connectivity index (χ2n) is 7.59. The minimum Gasteiger partial charge on any atom is -0.454 e. The first-order valence-corrected chi connectivity index (χ1v) is 12.8. The van der Waals surface area contributed by atoms with E-state index in [1.807, 2.05) is 30.3 Å². The maximum Gasteiger partial charge on any atom is 0.243 e. The highest BCUT2D eigenvalue weighted by molar-refractivity contribution is 14.1. The molecule has 1 fully saturated rings. The van der Waals surface area contributed by atoms with Gasteiger partial charge in [0.1, 0.15) is 6.54 Å². The number of carbonyl (C=O) groups is 1. The van der Waals surface area contributed by atoms with Gasteiger partial charge in [-0.25, -0.2) is 8.42 Å². The van der Waals surface area contributed by atoms with Gasteiger partial charge in [-0.15, -0.1) is 0 Å². The summed E-state index contributed by atoms with van der Waals surface area (Å²) in [6.07, 6.45) is 1.13. The molecule has 4 rings (SSSR count). The smallest absolute Gasteiger partial charge is 0.243 e. The maximum absolute atomic E-state index is 12.9. The molecule has 0 radical (unpaired) electrons. The lowest BCUT2D eigenvalue weighted by Crippen LogP contribution is -2.51. The number of sulfonamides is 1. The Balaban J connectivity index is 1.34. The van der Waals surface area contributed by atoms with Crippen molar-refractivity contribution < 1.29 is 22.7 Å². The van der Waals surface area contributed by atoms with Crippen LogP contribution in [0.15, 0.2) is 42.5 Å². The van der Waals surface area contributed by atoms with Crippen LogP contribution in [0.4, 0.5) is 5.69 Å². The molecular formula is C21H24IN3O5S. The molecule has 8 nitrogen and oxygen atoms in total. The highest BCUT2D eigenvalue weighted by atomic mass is 127. The fraction of sp³-hybridized carbons (Fsp3) is 0.381. The first kappa shape index (κ1) is 22.2. The van der Waals surface area contributed by atoms with Crippen molar-refractivity contribution >= 4 is 44.2 Å². The van der Waals surface area contributed by atoms with Crippen LogP contribution in [-0.2, 0) is 21.4 Å². The second kappa shape index (κ2) is 9.21. The molecule has 2 heterocycles. The van der Waals surface area contributed by atoms with Crippen molar-refractivity contribution in [3.8, 4) is 11.5 Å². The Hall–Kier alpha value is -2.05. The molecule has 2 aromatic carbocycles. The zero-order valence-corrected chi connectivity index (χ0v) is 20.1. The summed E-state index contributed by atoms with van der Waals surface area (Å²) in [5, 5.41) is 0. The van der Waals surface area contributed by atoms with E-state index in [-0.39, 0.29) is 19.2 Å². The molecule has 0 aromatic heterocycles. The summed E-state index contributed by atoms with van der Waals surface area (Å²) in [7, 11) is -3.57. The van der Waals surface area contributed by atoms with Crippen LogP contribution in [-0.4, -0.2) is 69.9 Å². The number of amides is 1. The van der Waals surface area contributed by atoms with Gasteiger partial charge in [0, 0.05) is 36.3 Å². The van der Waals surface area contributed by atoms with E-state index in [1.54, 1.807) is 17.0 Å². The number of piperazine rings is 1. The first-order chi connectivity index (χ1) is 14.8. The van der Waals surface area contributed by atoms with Gasteiger partial charge < -0.3 is 14.4 Å². The van der Waals surface area contributed by atoms with Crippen molar-refractivity contribution in [2.45, 2.75) is 6.54 Å². The number of benzene rings is 2. The monoisotopic (exact) mass is 557 g/mol. The van der Waals surface area contributed by atoms with E-state index in [2.05, 4.69) is 27.5 Å². The molecule has 0 N–H and O–H groups in total. The van der Waals surface area contributed by atoms with Crippen LogP contribution in [0.1, 0.15) is 5.56 Å². The number of hydrogen-bond donors (Lipinski definition) is 0. The molecule has 2 aliphatic heterocycles. The summed E-state index contributed by atoms with van der Waals surface area (Å²) in [5.74, 6) is 1.34. The lowest BCUT2D eigenvalue weighted by molar-refractivity contribution is -0.131. The van der Waals surface area contributed by atoms with Crippen molar-refractivity contribution in [3.05, 3.63) is 51.6 Å². The Morgan fingerprint density at radius 2 is 1.71 bits per heavy atom. The minimum atomic E-state index is -3.57. The van der Waals surface area contributed by atoms with Crippen molar-refractivity contribution in [2.24, 2.45) is 0 Å². The first-order valence-electron chi connectivity index (χ1n) is 9.91. The molecule has 0 bridgehead atoms. The molecule has 0 saturated carbocycles. The van der Waals surface area contributed by atoms with Gasteiger partial charge in [0.2, 0.25) is 22.7 Å². The Morgan fingerprint density at radius 1 is 1.03 bits per heavy atom. The molecule has 0 aliphatic carbocycles. The minimum absolute atomic E-state index is 0.188. The maximum atomic E-state index is 12.9. The molecular weight excluding hydrogens is 533 g/mol. The van der Waals surface area contributed by atoms with Crippen molar-refractivity contribution in [2.75, 3.05) is 50.1 Å². The van der Waals surface area contributed by atoms with Gasteiger partial charge in [0.25, 0.3) is 0 Å². The summed E-state index contributed by atoms with van der Waals surface area (Å²) in [6.45, 7) is 3.40. The molecule has 31 heavy (non-hydrogen) atoms. The zero-order chi connectivity index (χ0) is 22.0. The highest BCUT2D eigenvalue weighted by Gasteiger charge is 2.27. The van der Waals surface area contributed by atoms with Crippen molar-refractivity contribution in [1.29, 1.82) is 0 Å². The SMILES string of the molecule is CS(=O)(=O)N(CC(=O)N1CCN(Cc2ccc3c(c2)OCO3)CC1)c1ccc(I)cc1. The normalized spacial score (nSPS) is 16.4. The van der Waals surface area contributed by atoms with Crippen LogP contribution >= 0.6 is 22.6 Å². The van der Waals surface area contributed by atoms with Gasteiger partial charge in [0.15, 0.2) is 11.5 Å². The van der Waals surface area contributed by atoms with Gasteiger partial charge in [0.05, 0.1) is 11.9 Å². The van der Waals surface area contributed by atoms with Gasteiger partial charge in [-0.1, -0.05) is 6.07 Å². The molecule has 0 atom stereocenters.